The molecule has 0 radical (unpaired) electrons. The molecule has 162 valence electrons. The number of nitrogens with zero attached hydrogens (tertiary/aromatic N) is 1. The first-order chi connectivity index (χ1) is 15.0. The van der Waals surface area contributed by atoms with Crippen LogP contribution in [0.15, 0.2) is 54.1 Å². The summed E-state index contributed by atoms with van der Waals surface area (Å²) in [6.45, 7) is 4.64. The number of rotatable bonds is 6. The summed E-state index contributed by atoms with van der Waals surface area (Å²) < 4.78 is 5.61. The van der Waals surface area contributed by atoms with Crippen molar-refractivity contribution in [3.63, 3.8) is 0 Å². The van der Waals surface area contributed by atoms with Crippen molar-refractivity contribution in [1.82, 2.24) is 4.90 Å². The molecule has 2 aromatic carbocycles. The summed E-state index contributed by atoms with van der Waals surface area (Å²) in [6.07, 6.45) is 4.78. The van der Waals surface area contributed by atoms with Crippen LogP contribution in [0, 0.1) is 6.92 Å². The Kier molecular flexibility index (Phi) is 6.12. The minimum atomic E-state index is -0.609. The molecule has 1 heterocycles. The van der Waals surface area contributed by atoms with Gasteiger partial charge < -0.3 is 14.7 Å². The molecular formula is C26H29NO4. The van der Waals surface area contributed by atoms with Crippen LogP contribution in [0.25, 0.3) is 5.76 Å². The Labute approximate surface area is 183 Å². The summed E-state index contributed by atoms with van der Waals surface area (Å²) in [6, 6.07) is 14.3. The van der Waals surface area contributed by atoms with E-state index < -0.39 is 17.7 Å². The predicted molar refractivity (Wildman–Crippen MR) is 120 cm³/mol. The van der Waals surface area contributed by atoms with Gasteiger partial charge in [0.05, 0.1) is 18.2 Å². The number of hydrogen-bond donors (Lipinski definition) is 1. The molecule has 1 amide bonds. The number of ether oxygens (including phenoxy) is 1. The molecule has 1 aliphatic heterocycles. The van der Waals surface area contributed by atoms with E-state index in [4.69, 9.17) is 4.74 Å². The summed E-state index contributed by atoms with van der Waals surface area (Å²) in [5.74, 6) is -0.544. The van der Waals surface area contributed by atoms with Crippen molar-refractivity contribution in [2.45, 2.75) is 58.0 Å². The molecule has 1 N–H and O–H groups in total. The fourth-order valence-corrected chi connectivity index (χ4v) is 4.66. The number of benzene rings is 2. The molecule has 1 aliphatic carbocycles. The van der Waals surface area contributed by atoms with Gasteiger partial charge in [0.25, 0.3) is 11.7 Å². The second kappa shape index (κ2) is 8.96. The molecule has 1 unspecified atom stereocenters. The molecule has 2 aliphatic rings. The Morgan fingerprint density at radius 3 is 2.45 bits per heavy atom. The third kappa shape index (κ3) is 4.09. The number of amides is 1. The van der Waals surface area contributed by atoms with Crippen LogP contribution in [0.3, 0.4) is 0 Å². The molecule has 1 saturated heterocycles. The molecule has 0 aromatic heterocycles. The number of aliphatic hydroxyl groups is 1. The van der Waals surface area contributed by atoms with Crippen LogP contribution in [0.1, 0.15) is 61.8 Å². The second-order valence-corrected chi connectivity index (χ2v) is 8.43. The number of likely N-dealkylation sites (tertiary alicyclic amines) is 1. The van der Waals surface area contributed by atoms with Crippen LogP contribution in [0.2, 0.25) is 0 Å². The van der Waals surface area contributed by atoms with Crippen LogP contribution in [0.5, 0.6) is 5.75 Å². The van der Waals surface area contributed by atoms with Crippen molar-refractivity contribution >= 4 is 17.4 Å². The molecule has 2 fully saturated rings. The zero-order valence-electron chi connectivity index (χ0n) is 18.1. The highest BCUT2D eigenvalue weighted by Gasteiger charge is 2.49. The zero-order valence-corrected chi connectivity index (χ0v) is 18.1. The van der Waals surface area contributed by atoms with Gasteiger partial charge in [0.15, 0.2) is 0 Å². The van der Waals surface area contributed by atoms with E-state index >= 15 is 0 Å². The van der Waals surface area contributed by atoms with Crippen LogP contribution >= 0.6 is 0 Å². The van der Waals surface area contributed by atoms with E-state index in [-0.39, 0.29) is 17.4 Å². The van der Waals surface area contributed by atoms with Crippen LogP contribution in [-0.4, -0.2) is 34.3 Å². The molecule has 1 atom stereocenters. The minimum absolute atomic E-state index is 0.0251. The topological polar surface area (TPSA) is 66.8 Å². The molecule has 4 rings (SSSR count). The Morgan fingerprint density at radius 1 is 1.10 bits per heavy atom. The molecule has 31 heavy (non-hydrogen) atoms. The first-order valence-electron chi connectivity index (χ1n) is 11.1. The van der Waals surface area contributed by atoms with E-state index in [1.807, 2.05) is 38.1 Å². The van der Waals surface area contributed by atoms with E-state index in [0.29, 0.717) is 17.9 Å². The number of aryl methyl sites for hydroxylation is 1. The fourth-order valence-electron chi connectivity index (χ4n) is 4.66. The highest BCUT2D eigenvalue weighted by atomic mass is 16.5. The average Bonchev–Trinajstić information content (AvgIpc) is 3.39. The summed E-state index contributed by atoms with van der Waals surface area (Å²) >= 11 is 0. The van der Waals surface area contributed by atoms with Crippen LogP contribution < -0.4 is 4.74 Å². The quantitative estimate of drug-likeness (QED) is 0.400. The zero-order chi connectivity index (χ0) is 22.0. The summed E-state index contributed by atoms with van der Waals surface area (Å²) in [4.78, 5) is 27.9. The van der Waals surface area contributed by atoms with Crippen molar-refractivity contribution in [3.05, 3.63) is 70.8 Å². The van der Waals surface area contributed by atoms with Crippen molar-refractivity contribution in [2.24, 2.45) is 0 Å². The SMILES string of the molecule is CCCOc1ccc(/C(O)=C2/C(=O)C(=O)N(C3CCCC3)C2c2cccc(C)c2)cc1. The van der Waals surface area contributed by atoms with Gasteiger partial charge in [-0.3, -0.25) is 9.59 Å². The number of aliphatic hydroxyl groups excluding tert-OH is 1. The van der Waals surface area contributed by atoms with E-state index in [1.54, 1.807) is 29.2 Å². The molecule has 2 aromatic rings. The molecule has 0 spiro atoms. The smallest absolute Gasteiger partial charge is 0.295 e. The van der Waals surface area contributed by atoms with E-state index in [9.17, 15) is 14.7 Å². The Bertz CT molecular complexity index is 1000. The maximum atomic E-state index is 13.1. The van der Waals surface area contributed by atoms with Gasteiger partial charge in [-0.2, -0.15) is 0 Å². The number of hydrogen-bond acceptors (Lipinski definition) is 4. The van der Waals surface area contributed by atoms with Crippen LogP contribution in [0.4, 0.5) is 0 Å². The van der Waals surface area contributed by atoms with Crippen molar-refractivity contribution in [3.8, 4) is 5.75 Å². The van der Waals surface area contributed by atoms with Gasteiger partial charge in [0.2, 0.25) is 0 Å². The highest BCUT2D eigenvalue weighted by molar-refractivity contribution is 6.46. The Morgan fingerprint density at radius 2 is 1.81 bits per heavy atom. The molecule has 5 heteroatoms. The van der Waals surface area contributed by atoms with Crippen molar-refractivity contribution in [2.75, 3.05) is 6.61 Å². The third-order valence-electron chi connectivity index (χ3n) is 6.16. The lowest BCUT2D eigenvalue weighted by Crippen LogP contribution is -2.37. The summed E-state index contributed by atoms with van der Waals surface area (Å²) in [7, 11) is 0. The first kappa shape index (κ1) is 21.2. The van der Waals surface area contributed by atoms with E-state index in [1.165, 1.54) is 0 Å². The maximum absolute atomic E-state index is 13.1. The first-order valence-corrected chi connectivity index (χ1v) is 11.1. The number of carbonyl (C=O) groups is 2. The predicted octanol–water partition coefficient (Wildman–Crippen LogP) is 5.15. The largest absolute Gasteiger partial charge is 0.507 e. The summed E-state index contributed by atoms with van der Waals surface area (Å²) in [5.41, 5.74) is 2.58. The number of ketones is 1. The highest BCUT2D eigenvalue weighted by Crippen LogP contribution is 2.43. The van der Waals surface area contributed by atoms with E-state index in [2.05, 4.69) is 0 Å². The van der Waals surface area contributed by atoms with Gasteiger partial charge >= 0.3 is 0 Å². The number of Topliss-reactive ketones (excluding diaryl/α,β-unsaturated/α-hetero) is 1. The van der Waals surface area contributed by atoms with Gasteiger partial charge in [-0.25, -0.2) is 0 Å². The lowest BCUT2D eigenvalue weighted by molar-refractivity contribution is -0.141. The lowest BCUT2D eigenvalue weighted by Gasteiger charge is -2.31. The van der Waals surface area contributed by atoms with E-state index in [0.717, 1.165) is 43.2 Å². The fraction of sp³-hybridized carbons (Fsp3) is 0.385. The normalized spacial score (nSPS) is 21.1. The lowest BCUT2D eigenvalue weighted by atomic mass is 9.94. The van der Waals surface area contributed by atoms with Gasteiger partial charge in [-0.05, 0) is 56.0 Å². The summed E-state index contributed by atoms with van der Waals surface area (Å²) in [5, 5.41) is 11.2. The van der Waals surface area contributed by atoms with Gasteiger partial charge in [-0.1, -0.05) is 49.6 Å². The Balaban J connectivity index is 1.79. The van der Waals surface area contributed by atoms with Crippen LogP contribution in [-0.2, 0) is 9.59 Å². The maximum Gasteiger partial charge on any atom is 0.295 e. The Hall–Kier alpha value is -3.08. The molecule has 1 saturated carbocycles. The minimum Gasteiger partial charge on any atom is -0.507 e. The number of carbonyl (C=O) groups excluding carboxylic acids is 2. The van der Waals surface area contributed by atoms with Gasteiger partial charge in [0.1, 0.15) is 11.5 Å². The van der Waals surface area contributed by atoms with Gasteiger partial charge in [0, 0.05) is 11.6 Å². The average molecular weight is 420 g/mol. The molecule has 0 bridgehead atoms. The second-order valence-electron chi connectivity index (χ2n) is 8.43. The monoisotopic (exact) mass is 419 g/mol. The van der Waals surface area contributed by atoms with Crippen molar-refractivity contribution in [1.29, 1.82) is 0 Å². The standard InChI is InChI=1S/C26H29NO4/c1-3-15-31-21-13-11-18(12-14-21)24(28)22-23(19-8-6-7-17(2)16-19)27(26(30)25(22)29)20-9-4-5-10-20/h6-8,11-14,16,20,23,28H,3-5,9-10,15H2,1-2H3/b24-22-. The van der Waals surface area contributed by atoms with Crippen molar-refractivity contribution < 1.29 is 19.4 Å². The third-order valence-corrected chi connectivity index (χ3v) is 6.16. The van der Waals surface area contributed by atoms with Gasteiger partial charge in [-0.15, -0.1) is 0 Å². The molecular weight excluding hydrogens is 390 g/mol. The molecule has 5 nitrogen and oxygen atoms in total.